The summed E-state index contributed by atoms with van der Waals surface area (Å²) in [6, 6.07) is 40.9. The van der Waals surface area contributed by atoms with E-state index in [0.717, 1.165) is 32.9 Å². The molecule has 0 aliphatic carbocycles. The summed E-state index contributed by atoms with van der Waals surface area (Å²) >= 11 is 0. The highest BCUT2D eigenvalue weighted by atomic mass is 31.2. The maximum atomic E-state index is 6.62. The van der Waals surface area contributed by atoms with Crippen molar-refractivity contribution in [2.24, 2.45) is 4.74 Å². The van der Waals surface area contributed by atoms with E-state index < -0.39 is 7.05 Å². The molecule has 5 aromatic carbocycles. The molecule has 0 amide bonds. The van der Waals surface area contributed by atoms with Gasteiger partial charge in [0, 0.05) is 26.7 Å². The van der Waals surface area contributed by atoms with Gasteiger partial charge in [-0.2, -0.15) is 0 Å². The molecule has 0 spiro atoms. The molecular formula is C33H28NOP. The molecule has 0 atom stereocenters. The zero-order chi connectivity index (χ0) is 24.7. The summed E-state index contributed by atoms with van der Waals surface area (Å²) in [5, 5.41) is 5.84. The van der Waals surface area contributed by atoms with Crippen LogP contribution in [0.25, 0.3) is 21.9 Å². The van der Waals surface area contributed by atoms with E-state index in [1.54, 1.807) is 0 Å². The predicted molar refractivity (Wildman–Crippen MR) is 155 cm³/mol. The summed E-state index contributed by atoms with van der Waals surface area (Å²) in [6.45, 7) is 6.49. The third-order valence-electron chi connectivity index (χ3n) is 6.88. The first-order chi connectivity index (χ1) is 17.6. The minimum Gasteiger partial charge on any atom is -0.455 e. The Bertz CT molecular complexity index is 1700. The number of aryl methyl sites for hydroxylation is 3. The maximum absolute atomic E-state index is 6.62. The highest BCUT2D eigenvalue weighted by Crippen LogP contribution is 2.52. The summed E-state index contributed by atoms with van der Waals surface area (Å²) < 4.78 is 12.4. The van der Waals surface area contributed by atoms with Crippen molar-refractivity contribution in [2.75, 3.05) is 0 Å². The lowest BCUT2D eigenvalue weighted by Gasteiger charge is -2.28. The summed E-state index contributed by atoms with van der Waals surface area (Å²) in [5.74, 6) is 0. The third-order valence-corrected chi connectivity index (χ3v) is 10.5. The van der Waals surface area contributed by atoms with Crippen molar-refractivity contribution >= 4 is 50.6 Å². The van der Waals surface area contributed by atoms with Gasteiger partial charge < -0.3 is 4.42 Å². The van der Waals surface area contributed by atoms with Crippen LogP contribution >= 0.6 is 7.05 Å². The maximum Gasteiger partial charge on any atom is 0.145 e. The summed E-state index contributed by atoms with van der Waals surface area (Å²) in [5.41, 5.74) is 6.54. The molecule has 0 unspecified atom stereocenters. The number of fused-ring (bicyclic) bond motifs is 3. The highest BCUT2D eigenvalue weighted by molar-refractivity contribution is 7.87. The summed E-state index contributed by atoms with van der Waals surface area (Å²) in [7, 11) is -2.51. The summed E-state index contributed by atoms with van der Waals surface area (Å²) in [4.78, 5) is 0. The minimum atomic E-state index is -2.51. The Morgan fingerprint density at radius 2 is 1.14 bits per heavy atom. The largest absolute Gasteiger partial charge is 0.455 e. The topological polar surface area (TPSA) is 25.5 Å². The van der Waals surface area contributed by atoms with Gasteiger partial charge in [0.25, 0.3) is 0 Å². The summed E-state index contributed by atoms with van der Waals surface area (Å²) in [6.07, 6.45) is 0. The second-order valence-corrected chi connectivity index (χ2v) is 12.4. The van der Waals surface area contributed by atoms with Crippen molar-refractivity contribution in [3.63, 3.8) is 0 Å². The van der Waals surface area contributed by atoms with Crippen molar-refractivity contribution in [1.82, 2.24) is 0 Å². The van der Waals surface area contributed by atoms with Gasteiger partial charge in [0.1, 0.15) is 11.2 Å². The van der Waals surface area contributed by atoms with Crippen LogP contribution in [-0.2, 0) is 0 Å². The van der Waals surface area contributed by atoms with Crippen LogP contribution in [0, 0.1) is 20.8 Å². The molecular weight excluding hydrogens is 457 g/mol. The molecule has 0 aliphatic rings. The Morgan fingerprint density at radius 3 is 1.78 bits per heavy atom. The van der Waals surface area contributed by atoms with Crippen LogP contribution in [-0.4, -0.2) is 0 Å². The highest BCUT2D eigenvalue weighted by Gasteiger charge is 2.31. The number of para-hydroxylation sites is 2. The fourth-order valence-electron chi connectivity index (χ4n) is 5.35. The second-order valence-electron chi connectivity index (χ2n) is 9.41. The van der Waals surface area contributed by atoms with Gasteiger partial charge in [0.05, 0.1) is 12.7 Å². The number of hydrogen-bond acceptors (Lipinski definition) is 2. The van der Waals surface area contributed by atoms with E-state index >= 15 is 0 Å². The monoisotopic (exact) mass is 485 g/mol. The van der Waals surface area contributed by atoms with Gasteiger partial charge in [-0.3, -0.25) is 4.74 Å². The molecule has 0 bridgehead atoms. The Balaban J connectivity index is 1.85. The van der Waals surface area contributed by atoms with Crippen LogP contribution in [0.2, 0.25) is 0 Å². The number of nitrogens with zero attached hydrogens (tertiary/aromatic N) is 1. The van der Waals surface area contributed by atoms with Crippen molar-refractivity contribution in [2.45, 2.75) is 20.8 Å². The van der Waals surface area contributed by atoms with Crippen molar-refractivity contribution in [3.8, 4) is 0 Å². The molecule has 3 heteroatoms. The zero-order valence-corrected chi connectivity index (χ0v) is 21.7. The molecule has 0 fully saturated rings. The number of benzene rings is 5. The molecule has 0 saturated carbocycles. The first kappa shape index (κ1) is 22.6. The average Bonchev–Trinajstić information content (AvgIpc) is 3.29. The van der Waals surface area contributed by atoms with Crippen molar-refractivity contribution < 1.29 is 4.42 Å². The van der Waals surface area contributed by atoms with E-state index in [2.05, 4.69) is 130 Å². The fourth-order valence-corrected chi connectivity index (χ4v) is 9.13. The van der Waals surface area contributed by atoms with Gasteiger partial charge in [-0.1, -0.05) is 109 Å². The van der Waals surface area contributed by atoms with E-state index in [1.165, 1.54) is 27.3 Å². The van der Waals surface area contributed by atoms with Crippen LogP contribution in [0.5, 0.6) is 0 Å². The van der Waals surface area contributed by atoms with Crippen LogP contribution in [0.3, 0.4) is 0 Å². The van der Waals surface area contributed by atoms with E-state index in [-0.39, 0.29) is 0 Å². The van der Waals surface area contributed by atoms with Gasteiger partial charge in [-0.05, 0) is 44.0 Å². The molecule has 0 N–H and O–H groups in total. The third kappa shape index (κ3) is 3.61. The van der Waals surface area contributed by atoms with Crippen LogP contribution < -0.4 is 15.9 Å². The predicted octanol–water partition coefficient (Wildman–Crippen LogP) is 8.32. The van der Waals surface area contributed by atoms with Gasteiger partial charge in [0.15, 0.2) is 0 Å². The Kier molecular flexibility index (Phi) is 5.63. The van der Waals surface area contributed by atoms with E-state index in [1.807, 2.05) is 6.07 Å². The SMILES string of the molecule is Cc1cc(C)c(N=P(c2ccccc2)(c2ccccc2)c2cccc3c2oc2ccccc23)c(C)c1. The van der Waals surface area contributed by atoms with Crippen LogP contribution in [0.1, 0.15) is 16.7 Å². The molecule has 0 saturated heterocycles. The second kappa shape index (κ2) is 8.97. The number of furan rings is 1. The van der Waals surface area contributed by atoms with Crippen molar-refractivity contribution in [3.05, 3.63) is 132 Å². The minimum absolute atomic E-state index is 0.905. The average molecular weight is 486 g/mol. The zero-order valence-electron chi connectivity index (χ0n) is 20.8. The molecule has 1 heterocycles. The smallest absolute Gasteiger partial charge is 0.145 e. The lowest BCUT2D eigenvalue weighted by atomic mass is 10.1. The molecule has 1 aromatic heterocycles. The molecule has 6 aromatic rings. The number of hydrogen-bond donors (Lipinski definition) is 0. The molecule has 176 valence electrons. The first-order valence-electron chi connectivity index (χ1n) is 12.3. The van der Waals surface area contributed by atoms with Gasteiger partial charge in [-0.15, -0.1) is 0 Å². The fraction of sp³-hybridized carbons (Fsp3) is 0.0909. The van der Waals surface area contributed by atoms with E-state index in [9.17, 15) is 0 Å². The molecule has 0 aliphatic heterocycles. The van der Waals surface area contributed by atoms with Crippen LogP contribution in [0.4, 0.5) is 5.69 Å². The van der Waals surface area contributed by atoms with Gasteiger partial charge in [0.2, 0.25) is 0 Å². The Morgan fingerprint density at radius 1 is 0.583 bits per heavy atom. The lowest BCUT2D eigenvalue weighted by Crippen LogP contribution is -2.25. The molecule has 2 nitrogen and oxygen atoms in total. The van der Waals surface area contributed by atoms with Gasteiger partial charge >= 0.3 is 0 Å². The molecule has 0 radical (unpaired) electrons. The quantitative estimate of drug-likeness (QED) is 0.231. The Hall–Kier alpha value is -3.87. The lowest BCUT2D eigenvalue weighted by molar-refractivity contribution is 0.671. The standard InChI is InChI=1S/C33H28NOP/c1-23-21-24(2)32(25(3)22-23)34-36(26-13-6-4-7-14-26,27-15-8-5-9-16-27)31-20-12-18-29-28-17-10-11-19-30(28)35-33(29)31/h4-22H,1-3H3. The Labute approximate surface area is 212 Å². The van der Waals surface area contributed by atoms with E-state index in [4.69, 9.17) is 9.16 Å². The van der Waals surface area contributed by atoms with Crippen molar-refractivity contribution in [1.29, 1.82) is 0 Å². The normalized spacial score (nSPS) is 11.8. The van der Waals surface area contributed by atoms with Crippen LogP contribution in [0.15, 0.2) is 124 Å². The molecule has 36 heavy (non-hydrogen) atoms. The number of rotatable bonds is 4. The first-order valence-corrected chi connectivity index (χ1v) is 14.0. The van der Waals surface area contributed by atoms with E-state index in [0.29, 0.717) is 0 Å². The molecule has 6 rings (SSSR count). The van der Waals surface area contributed by atoms with Gasteiger partial charge in [-0.25, -0.2) is 0 Å².